The molecule has 1 saturated heterocycles. The zero-order valence-corrected chi connectivity index (χ0v) is 14.4. The lowest BCUT2D eigenvalue weighted by Crippen LogP contribution is -2.56. The molecule has 0 unspecified atom stereocenters. The van der Waals surface area contributed by atoms with Crippen LogP contribution in [-0.2, 0) is 4.79 Å². The summed E-state index contributed by atoms with van der Waals surface area (Å²) in [6.07, 6.45) is 3.68. The number of nitrogens with one attached hydrogen (secondary N) is 2. The van der Waals surface area contributed by atoms with E-state index in [1.807, 2.05) is 59.4 Å². The van der Waals surface area contributed by atoms with E-state index in [2.05, 4.69) is 27.1 Å². The van der Waals surface area contributed by atoms with Crippen LogP contribution in [0.4, 0.5) is 0 Å². The van der Waals surface area contributed by atoms with Gasteiger partial charge in [0.05, 0.1) is 11.5 Å². The van der Waals surface area contributed by atoms with Crippen molar-refractivity contribution in [2.75, 3.05) is 0 Å². The first-order valence-corrected chi connectivity index (χ1v) is 8.18. The van der Waals surface area contributed by atoms with Crippen LogP contribution in [0.25, 0.3) is 0 Å². The third kappa shape index (κ3) is 3.01. The summed E-state index contributed by atoms with van der Waals surface area (Å²) in [6.45, 7) is 0. The van der Waals surface area contributed by atoms with E-state index in [0.717, 1.165) is 10.0 Å². The van der Waals surface area contributed by atoms with Gasteiger partial charge in [-0.25, -0.2) is 0 Å². The normalized spacial score (nSPS) is 20.8. The molecular weight excluding hydrogens is 374 g/mol. The van der Waals surface area contributed by atoms with E-state index < -0.39 is 6.04 Å². The second-order valence-electron chi connectivity index (χ2n) is 5.15. The molecule has 114 valence electrons. The van der Waals surface area contributed by atoms with Gasteiger partial charge < -0.3 is 5.32 Å². The summed E-state index contributed by atoms with van der Waals surface area (Å²) in [6, 6.07) is 12.8. The molecule has 1 aliphatic heterocycles. The molecule has 1 aromatic carbocycles. The molecule has 0 saturated carbocycles. The fourth-order valence-corrected chi connectivity index (χ4v) is 3.31. The Kier molecular flexibility index (Phi) is 4.48. The molecule has 2 aromatic rings. The maximum Gasteiger partial charge on any atom is 0.295 e. The molecule has 1 amide bonds. The molecule has 1 fully saturated rings. The first-order chi connectivity index (χ1) is 11.1. The number of rotatable bonds is 2. The zero-order valence-electron chi connectivity index (χ0n) is 12.0. The smallest absolute Gasteiger partial charge is 0.295 e. The molecule has 3 rings (SSSR count). The van der Waals surface area contributed by atoms with Gasteiger partial charge in [-0.05, 0) is 23.6 Å². The summed E-state index contributed by atoms with van der Waals surface area (Å²) in [7, 11) is 0. The van der Waals surface area contributed by atoms with Crippen molar-refractivity contribution in [1.29, 1.82) is 5.41 Å². The monoisotopic (exact) mass is 386 g/mol. The van der Waals surface area contributed by atoms with Gasteiger partial charge in [0.1, 0.15) is 4.99 Å². The van der Waals surface area contributed by atoms with Gasteiger partial charge >= 0.3 is 0 Å². The van der Waals surface area contributed by atoms with Crippen molar-refractivity contribution in [3.63, 3.8) is 0 Å². The SMILES string of the molecule is N=C=C1C(=S)NC(=O)[C@@H]([n+]2ccccc2)[C@@H]1c1ccc(Br)cc1. The molecule has 2 atom stereocenters. The van der Waals surface area contributed by atoms with E-state index in [0.29, 0.717) is 5.57 Å². The van der Waals surface area contributed by atoms with Crippen LogP contribution in [0.5, 0.6) is 0 Å². The predicted molar refractivity (Wildman–Crippen MR) is 94.5 cm³/mol. The number of hydrogen-bond acceptors (Lipinski definition) is 3. The van der Waals surface area contributed by atoms with Crippen LogP contribution >= 0.6 is 28.1 Å². The highest BCUT2D eigenvalue weighted by Gasteiger charge is 2.45. The summed E-state index contributed by atoms with van der Waals surface area (Å²) in [5, 5.41) is 10.3. The Morgan fingerprint density at radius 3 is 2.43 bits per heavy atom. The van der Waals surface area contributed by atoms with Crippen molar-refractivity contribution in [3.8, 4) is 0 Å². The van der Waals surface area contributed by atoms with Gasteiger partial charge in [0.15, 0.2) is 12.4 Å². The number of nitrogens with zero attached hydrogens (tertiary/aromatic N) is 1. The number of aromatic nitrogens is 1. The highest BCUT2D eigenvalue weighted by atomic mass is 79.9. The number of pyridine rings is 1. The van der Waals surface area contributed by atoms with Crippen LogP contribution in [0.15, 0.2) is 64.9 Å². The van der Waals surface area contributed by atoms with Crippen molar-refractivity contribution in [1.82, 2.24) is 5.32 Å². The summed E-state index contributed by atoms with van der Waals surface area (Å²) in [4.78, 5) is 12.9. The van der Waals surface area contributed by atoms with E-state index in [9.17, 15) is 4.79 Å². The van der Waals surface area contributed by atoms with Gasteiger partial charge in [0.25, 0.3) is 5.91 Å². The molecule has 0 bridgehead atoms. The Labute approximate surface area is 147 Å². The topological polar surface area (TPSA) is 56.8 Å². The van der Waals surface area contributed by atoms with E-state index >= 15 is 0 Å². The summed E-state index contributed by atoms with van der Waals surface area (Å²) < 4.78 is 2.79. The third-order valence-electron chi connectivity index (χ3n) is 3.80. The fourth-order valence-electron chi connectivity index (χ4n) is 2.76. The predicted octanol–water partition coefficient (Wildman–Crippen LogP) is 2.69. The molecule has 2 heterocycles. The lowest BCUT2D eigenvalue weighted by Gasteiger charge is -2.29. The van der Waals surface area contributed by atoms with Crippen LogP contribution in [0.2, 0.25) is 0 Å². The van der Waals surface area contributed by atoms with Crippen molar-refractivity contribution in [2.45, 2.75) is 12.0 Å². The molecule has 0 spiro atoms. The largest absolute Gasteiger partial charge is 0.310 e. The number of piperidine rings is 1. The van der Waals surface area contributed by atoms with Gasteiger partial charge in [0.2, 0.25) is 6.04 Å². The van der Waals surface area contributed by atoms with Crippen LogP contribution in [0.1, 0.15) is 17.5 Å². The van der Waals surface area contributed by atoms with Crippen LogP contribution in [0, 0.1) is 5.41 Å². The summed E-state index contributed by atoms with van der Waals surface area (Å²) in [5.41, 5.74) is 1.43. The van der Waals surface area contributed by atoms with Gasteiger partial charge in [0, 0.05) is 16.6 Å². The maximum absolute atomic E-state index is 12.6. The van der Waals surface area contributed by atoms with Crippen molar-refractivity contribution >= 4 is 44.9 Å². The average Bonchev–Trinajstić information content (AvgIpc) is 2.56. The Morgan fingerprint density at radius 1 is 1.17 bits per heavy atom. The number of halogens is 1. The minimum Gasteiger partial charge on any atom is -0.310 e. The van der Waals surface area contributed by atoms with E-state index in [1.54, 1.807) is 0 Å². The number of carbonyl (C=O) groups is 1. The fraction of sp³-hybridized carbons (Fsp3) is 0.118. The number of benzene rings is 1. The first-order valence-electron chi connectivity index (χ1n) is 6.98. The molecule has 6 heteroatoms. The Morgan fingerprint density at radius 2 is 1.83 bits per heavy atom. The minimum atomic E-state index is -0.517. The van der Waals surface area contributed by atoms with E-state index in [4.69, 9.17) is 17.6 Å². The molecule has 0 radical (unpaired) electrons. The Bertz CT molecular complexity index is 813. The quantitative estimate of drug-likeness (QED) is 0.360. The van der Waals surface area contributed by atoms with E-state index in [1.165, 1.54) is 0 Å². The highest BCUT2D eigenvalue weighted by Crippen LogP contribution is 2.35. The number of hydrogen-bond donors (Lipinski definition) is 2. The first kappa shape index (κ1) is 15.7. The summed E-state index contributed by atoms with van der Waals surface area (Å²) in [5.74, 6) is 1.89. The van der Waals surface area contributed by atoms with Gasteiger partial charge in [-0.1, -0.05) is 46.3 Å². The van der Waals surface area contributed by atoms with Crippen molar-refractivity contribution in [2.24, 2.45) is 0 Å². The van der Waals surface area contributed by atoms with Gasteiger partial charge in [-0.3, -0.25) is 10.2 Å². The highest BCUT2D eigenvalue weighted by molar-refractivity contribution is 9.10. The third-order valence-corrected chi connectivity index (χ3v) is 4.65. The molecule has 0 aliphatic carbocycles. The lowest BCUT2D eigenvalue weighted by molar-refractivity contribution is -0.711. The van der Waals surface area contributed by atoms with Crippen LogP contribution in [0.3, 0.4) is 0 Å². The average molecular weight is 387 g/mol. The van der Waals surface area contributed by atoms with E-state index in [-0.39, 0.29) is 16.8 Å². The second kappa shape index (κ2) is 6.54. The van der Waals surface area contributed by atoms with Crippen molar-refractivity contribution < 1.29 is 9.36 Å². The molecular formula is C17H13BrN3OS+. The van der Waals surface area contributed by atoms with Crippen molar-refractivity contribution in [3.05, 3.63) is 70.5 Å². The second-order valence-corrected chi connectivity index (χ2v) is 6.48. The van der Waals surface area contributed by atoms with Crippen LogP contribution < -0.4 is 9.88 Å². The van der Waals surface area contributed by atoms with Crippen LogP contribution in [-0.4, -0.2) is 16.8 Å². The molecule has 1 aliphatic rings. The van der Waals surface area contributed by atoms with Gasteiger partial charge in [-0.15, -0.1) is 0 Å². The Hall–Kier alpha value is -2.14. The molecule has 1 aromatic heterocycles. The standard InChI is InChI=1S/C17H12BrN3OS/c18-12-6-4-11(5-7-12)14-13(10-19)17(23)20-16(22)15(14)21-8-2-1-3-9-21/h1-9,14-15,19H/p+1/t14-,15+/m1/s1. The maximum atomic E-state index is 12.6. The summed E-state index contributed by atoms with van der Waals surface area (Å²) >= 11 is 8.65. The lowest BCUT2D eigenvalue weighted by atomic mass is 9.82. The number of carbonyl (C=O) groups excluding carboxylic acids is 1. The minimum absolute atomic E-state index is 0.182. The molecule has 2 N–H and O–H groups in total. The van der Waals surface area contributed by atoms with Gasteiger partial charge in [-0.2, -0.15) is 4.57 Å². The zero-order chi connectivity index (χ0) is 16.4. The number of thiocarbonyl (C=S) groups is 1. The Balaban J connectivity index is 2.17. The molecule has 4 nitrogen and oxygen atoms in total. The number of amides is 1. The molecule has 23 heavy (non-hydrogen) atoms.